The topological polar surface area (TPSA) is 15.6 Å². The molecule has 3 saturated heterocycles. The predicted octanol–water partition coefficient (Wildman–Crippen LogP) is 1.81. The summed E-state index contributed by atoms with van der Waals surface area (Å²) in [6, 6.07) is 0. The molecule has 0 aromatic heterocycles. The molecule has 0 amide bonds. The lowest BCUT2D eigenvalue weighted by Crippen LogP contribution is -2.48. The van der Waals surface area contributed by atoms with Gasteiger partial charge in [0.1, 0.15) is 0 Å². The number of rotatable bonds is 2. The molecule has 3 heterocycles. The van der Waals surface area contributed by atoms with E-state index in [2.05, 4.69) is 18.7 Å². The summed E-state index contributed by atoms with van der Waals surface area (Å²) in [6.07, 6.45) is 2.72. The van der Waals surface area contributed by atoms with Crippen LogP contribution in [0, 0.1) is 11.8 Å². The van der Waals surface area contributed by atoms with Crippen LogP contribution in [0.5, 0.6) is 0 Å². The zero-order valence-electron chi connectivity index (χ0n) is 8.79. The Morgan fingerprint density at radius 2 is 2.08 bits per heavy atom. The van der Waals surface area contributed by atoms with Crippen LogP contribution in [-0.2, 0) is 0 Å². The zero-order chi connectivity index (χ0) is 9.26. The highest BCUT2D eigenvalue weighted by atomic mass is 15.2. The quantitative estimate of drug-likeness (QED) is 0.633. The first-order chi connectivity index (χ1) is 6.25. The highest BCUT2D eigenvalue weighted by Crippen LogP contribution is 2.25. The third kappa shape index (κ3) is 2.11. The lowest BCUT2D eigenvalue weighted by molar-refractivity contribution is 0.200. The number of aliphatic imine (C=N–C) groups is 1. The fourth-order valence-corrected chi connectivity index (χ4v) is 2.26. The summed E-state index contributed by atoms with van der Waals surface area (Å²) < 4.78 is 0. The maximum absolute atomic E-state index is 4.74. The van der Waals surface area contributed by atoms with Crippen molar-refractivity contribution in [3.05, 3.63) is 0 Å². The number of fused-ring (bicyclic) bond motifs is 3. The fourth-order valence-electron chi connectivity index (χ4n) is 2.26. The number of hydrogen-bond acceptors (Lipinski definition) is 2. The van der Waals surface area contributed by atoms with Crippen LogP contribution in [0.1, 0.15) is 26.7 Å². The van der Waals surface area contributed by atoms with Gasteiger partial charge in [-0.3, -0.25) is 9.89 Å². The molecule has 2 bridgehead atoms. The van der Waals surface area contributed by atoms with E-state index in [1.54, 1.807) is 0 Å². The highest BCUT2D eigenvalue weighted by molar-refractivity contribution is 5.90. The smallest absolute Gasteiger partial charge is 0.0412 e. The summed E-state index contributed by atoms with van der Waals surface area (Å²) in [5.74, 6) is 1.55. The predicted molar refractivity (Wildman–Crippen MR) is 56.3 cm³/mol. The van der Waals surface area contributed by atoms with Gasteiger partial charge in [0, 0.05) is 24.7 Å². The maximum Gasteiger partial charge on any atom is 0.0412 e. The van der Waals surface area contributed by atoms with E-state index in [1.807, 2.05) is 0 Å². The molecule has 0 unspecified atom stereocenters. The monoisotopic (exact) mass is 180 g/mol. The minimum absolute atomic E-state index is 0.711. The lowest BCUT2D eigenvalue weighted by Gasteiger charge is -2.40. The van der Waals surface area contributed by atoms with Gasteiger partial charge in [-0.15, -0.1) is 0 Å². The van der Waals surface area contributed by atoms with Crippen molar-refractivity contribution in [3.63, 3.8) is 0 Å². The van der Waals surface area contributed by atoms with Crippen LogP contribution < -0.4 is 0 Å². The van der Waals surface area contributed by atoms with Gasteiger partial charge in [0.25, 0.3) is 0 Å². The Labute approximate surface area is 81.0 Å². The maximum atomic E-state index is 4.74. The standard InChI is InChI=1S/C11H20N2/c1-9(2)7-12-11-8-13-5-3-10(11)4-6-13/h9-10H,3-8H2,1-2H3. The SMILES string of the molecule is CC(C)CN=C1CN2CCC1CC2. The first kappa shape index (κ1) is 9.20. The molecule has 0 N–H and O–H groups in total. The van der Waals surface area contributed by atoms with E-state index in [0.717, 1.165) is 19.0 Å². The molecule has 0 radical (unpaired) electrons. The van der Waals surface area contributed by atoms with Crippen molar-refractivity contribution >= 4 is 5.71 Å². The molecule has 2 nitrogen and oxygen atoms in total. The van der Waals surface area contributed by atoms with E-state index >= 15 is 0 Å². The van der Waals surface area contributed by atoms with E-state index in [9.17, 15) is 0 Å². The second kappa shape index (κ2) is 3.79. The first-order valence-electron chi connectivity index (χ1n) is 5.51. The van der Waals surface area contributed by atoms with Gasteiger partial charge in [-0.1, -0.05) is 13.8 Å². The van der Waals surface area contributed by atoms with Crippen molar-refractivity contribution in [2.45, 2.75) is 26.7 Å². The number of piperidine rings is 3. The van der Waals surface area contributed by atoms with Gasteiger partial charge in [0.05, 0.1) is 0 Å². The Bertz CT molecular complexity index is 200. The minimum atomic E-state index is 0.711. The van der Waals surface area contributed by atoms with Crippen LogP contribution in [0.4, 0.5) is 0 Å². The van der Waals surface area contributed by atoms with Crippen molar-refractivity contribution in [2.75, 3.05) is 26.2 Å². The molecule has 13 heavy (non-hydrogen) atoms. The molecule has 0 saturated carbocycles. The van der Waals surface area contributed by atoms with Crippen molar-refractivity contribution < 1.29 is 0 Å². The molecule has 0 aromatic carbocycles. The molecule has 3 rings (SSSR count). The van der Waals surface area contributed by atoms with Crippen LogP contribution in [0.15, 0.2) is 4.99 Å². The van der Waals surface area contributed by atoms with Gasteiger partial charge >= 0.3 is 0 Å². The van der Waals surface area contributed by atoms with Gasteiger partial charge < -0.3 is 0 Å². The van der Waals surface area contributed by atoms with Crippen molar-refractivity contribution in [3.8, 4) is 0 Å². The van der Waals surface area contributed by atoms with Crippen molar-refractivity contribution in [2.24, 2.45) is 16.8 Å². The summed E-state index contributed by atoms with van der Waals surface area (Å²) in [6.45, 7) is 9.30. The summed E-state index contributed by atoms with van der Waals surface area (Å²) in [7, 11) is 0. The summed E-state index contributed by atoms with van der Waals surface area (Å²) in [5, 5.41) is 0. The summed E-state index contributed by atoms with van der Waals surface area (Å²) >= 11 is 0. The molecular weight excluding hydrogens is 160 g/mol. The van der Waals surface area contributed by atoms with Crippen LogP contribution in [0.25, 0.3) is 0 Å². The van der Waals surface area contributed by atoms with Crippen molar-refractivity contribution in [1.29, 1.82) is 0 Å². The second-order valence-electron chi connectivity index (χ2n) is 4.78. The fraction of sp³-hybridized carbons (Fsp3) is 0.909. The molecular formula is C11H20N2. The largest absolute Gasteiger partial charge is 0.298 e. The third-order valence-corrected chi connectivity index (χ3v) is 3.10. The average Bonchev–Trinajstić information content (AvgIpc) is 2.17. The Kier molecular flexibility index (Phi) is 2.68. The van der Waals surface area contributed by atoms with E-state index in [0.29, 0.717) is 5.92 Å². The Hall–Kier alpha value is -0.370. The molecule has 3 aliphatic rings. The van der Waals surface area contributed by atoms with Crippen LogP contribution in [-0.4, -0.2) is 36.8 Å². The lowest BCUT2D eigenvalue weighted by atomic mass is 9.86. The molecule has 2 heteroatoms. The van der Waals surface area contributed by atoms with Crippen LogP contribution in [0.3, 0.4) is 0 Å². The van der Waals surface area contributed by atoms with Gasteiger partial charge in [-0.2, -0.15) is 0 Å². The van der Waals surface area contributed by atoms with Gasteiger partial charge in [0.15, 0.2) is 0 Å². The minimum Gasteiger partial charge on any atom is -0.298 e. The molecule has 0 spiro atoms. The van der Waals surface area contributed by atoms with Gasteiger partial charge in [-0.05, 0) is 31.8 Å². The van der Waals surface area contributed by atoms with Crippen LogP contribution in [0.2, 0.25) is 0 Å². The number of nitrogens with zero attached hydrogens (tertiary/aromatic N) is 2. The van der Waals surface area contributed by atoms with Gasteiger partial charge in [0.2, 0.25) is 0 Å². The van der Waals surface area contributed by atoms with E-state index < -0.39 is 0 Å². The molecule has 3 fully saturated rings. The highest BCUT2D eigenvalue weighted by Gasteiger charge is 2.30. The average molecular weight is 180 g/mol. The van der Waals surface area contributed by atoms with Crippen LogP contribution >= 0.6 is 0 Å². The Morgan fingerprint density at radius 3 is 2.54 bits per heavy atom. The Balaban J connectivity index is 1.96. The Morgan fingerprint density at radius 1 is 1.38 bits per heavy atom. The molecule has 0 aliphatic carbocycles. The van der Waals surface area contributed by atoms with Gasteiger partial charge in [-0.25, -0.2) is 0 Å². The van der Waals surface area contributed by atoms with E-state index in [-0.39, 0.29) is 0 Å². The third-order valence-electron chi connectivity index (χ3n) is 3.10. The summed E-state index contributed by atoms with van der Waals surface area (Å²) in [5.41, 5.74) is 1.49. The number of hydrogen-bond donors (Lipinski definition) is 0. The zero-order valence-corrected chi connectivity index (χ0v) is 8.79. The second-order valence-corrected chi connectivity index (χ2v) is 4.78. The normalized spacial score (nSPS) is 36.1. The molecule has 0 aromatic rings. The molecule has 0 atom stereocenters. The molecule has 74 valence electrons. The summed E-state index contributed by atoms with van der Waals surface area (Å²) in [4.78, 5) is 7.28. The first-order valence-corrected chi connectivity index (χ1v) is 5.51. The van der Waals surface area contributed by atoms with E-state index in [4.69, 9.17) is 4.99 Å². The molecule has 3 aliphatic heterocycles. The van der Waals surface area contributed by atoms with E-state index in [1.165, 1.54) is 31.6 Å². The van der Waals surface area contributed by atoms with Crippen molar-refractivity contribution in [1.82, 2.24) is 4.90 Å².